The first-order chi connectivity index (χ1) is 16.4. The number of carbonyl (C=O) groups excluding carboxylic acids is 2. The van der Waals surface area contributed by atoms with Crippen molar-refractivity contribution in [1.29, 1.82) is 0 Å². The van der Waals surface area contributed by atoms with E-state index < -0.39 is 0 Å². The smallest absolute Gasteiger partial charge is 0.224 e. The fraction of sp³-hybridized carbons (Fsp3) is 0.308. The molecule has 3 rings (SSSR count). The molecular weight excluding hydrogens is 428 g/mol. The van der Waals surface area contributed by atoms with Crippen LogP contribution in [0.25, 0.3) is 11.4 Å². The van der Waals surface area contributed by atoms with Gasteiger partial charge in [-0.1, -0.05) is 54.6 Å². The molecule has 8 heteroatoms. The van der Waals surface area contributed by atoms with Crippen LogP contribution in [0.4, 0.5) is 11.6 Å². The van der Waals surface area contributed by atoms with Gasteiger partial charge < -0.3 is 21.3 Å². The summed E-state index contributed by atoms with van der Waals surface area (Å²) in [6.07, 6.45) is 0.361. The van der Waals surface area contributed by atoms with Crippen molar-refractivity contribution < 1.29 is 9.59 Å². The molecule has 1 aromatic heterocycles. The van der Waals surface area contributed by atoms with Crippen molar-refractivity contribution in [2.45, 2.75) is 27.2 Å². The second kappa shape index (κ2) is 12.3. The Morgan fingerprint density at radius 2 is 1.35 bits per heavy atom. The zero-order valence-electron chi connectivity index (χ0n) is 19.9. The van der Waals surface area contributed by atoms with E-state index in [4.69, 9.17) is 4.98 Å². The SMILES string of the molecule is CC(=O)NCCNc1nc(-c2ccccc2)nc(NCCNC(=O)Cc2ccccc2C)c1C. The first kappa shape index (κ1) is 24.7. The summed E-state index contributed by atoms with van der Waals surface area (Å²) in [7, 11) is 0. The van der Waals surface area contributed by atoms with Gasteiger partial charge in [-0.25, -0.2) is 9.97 Å². The van der Waals surface area contributed by atoms with E-state index in [2.05, 4.69) is 26.3 Å². The fourth-order valence-electron chi connectivity index (χ4n) is 3.42. The summed E-state index contributed by atoms with van der Waals surface area (Å²) in [5.41, 5.74) is 3.91. The third-order valence-corrected chi connectivity index (χ3v) is 5.32. The Morgan fingerprint density at radius 1 is 0.765 bits per heavy atom. The first-order valence-electron chi connectivity index (χ1n) is 11.4. The van der Waals surface area contributed by atoms with E-state index in [1.165, 1.54) is 6.92 Å². The van der Waals surface area contributed by atoms with Crippen molar-refractivity contribution in [3.05, 3.63) is 71.3 Å². The van der Waals surface area contributed by atoms with Gasteiger partial charge >= 0.3 is 0 Å². The Balaban J connectivity index is 1.63. The molecule has 2 amide bonds. The van der Waals surface area contributed by atoms with Gasteiger partial charge in [0.1, 0.15) is 11.6 Å². The molecule has 0 radical (unpaired) electrons. The molecule has 0 unspecified atom stereocenters. The van der Waals surface area contributed by atoms with Crippen molar-refractivity contribution in [2.24, 2.45) is 0 Å². The molecule has 2 aromatic carbocycles. The molecule has 0 aliphatic carbocycles. The van der Waals surface area contributed by atoms with Gasteiger partial charge in [0.25, 0.3) is 0 Å². The number of benzene rings is 2. The Kier molecular flexibility index (Phi) is 8.96. The monoisotopic (exact) mass is 460 g/mol. The van der Waals surface area contributed by atoms with E-state index in [1.54, 1.807) is 0 Å². The van der Waals surface area contributed by atoms with Crippen LogP contribution in [0.15, 0.2) is 54.6 Å². The lowest BCUT2D eigenvalue weighted by Gasteiger charge is -2.16. The lowest BCUT2D eigenvalue weighted by molar-refractivity contribution is -0.120. The molecule has 0 aliphatic heterocycles. The largest absolute Gasteiger partial charge is 0.368 e. The highest BCUT2D eigenvalue weighted by atomic mass is 16.2. The van der Waals surface area contributed by atoms with Gasteiger partial charge in [-0.05, 0) is 25.0 Å². The van der Waals surface area contributed by atoms with E-state index in [1.807, 2.05) is 68.4 Å². The first-order valence-corrected chi connectivity index (χ1v) is 11.4. The van der Waals surface area contributed by atoms with Crippen molar-refractivity contribution in [3.8, 4) is 11.4 Å². The van der Waals surface area contributed by atoms with E-state index in [-0.39, 0.29) is 11.8 Å². The van der Waals surface area contributed by atoms with Gasteiger partial charge in [-0.15, -0.1) is 0 Å². The molecule has 0 aliphatic rings. The fourth-order valence-corrected chi connectivity index (χ4v) is 3.42. The number of hydrogen-bond acceptors (Lipinski definition) is 6. The predicted molar refractivity (Wildman–Crippen MR) is 136 cm³/mol. The van der Waals surface area contributed by atoms with Crippen LogP contribution in [0, 0.1) is 13.8 Å². The summed E-state index contributed by atoms with van der Waals surface area (Å²) in [4.78, 5) is 32.8. The minimum absolute atomic E-state index is 0.0131. The Bertz CT molecular complexity index is 1120. The quantitative estimate of drug-likeness (QED) is 0.328. The molecule has 34 heavy (non-hydrogen) atoms. The molecule has 0 saturated carbocycles. The molecular formula is C26H32N6O2. The molecule has 0 atom stereocenters. The summed E-state index contributed by atoms with van der Waals surface area (Å²) >= 11 is 0. The van der Waals surface area contributed by atoms with E-state index in [9.17, 15) is 9.59 Å². The average molecular weight is 461 g/mol. The molecule has 0 bridgehead atoms. The Labute approximate surface area is 200 Å². The average Bonchev–Trinajstić information content (AvgIpc) is 2.83. The van der Waals surface area contributed by atoms with E-state index in [0.717, 1.165) is 22.3 Å². The number of nitrogens with zero attached hydrogens (tertiary/aromatic N) is 2. The van der Waals surface area contributed by atoms with Gasteiger partial charge in [-0.2, -0.15) is 0 Å². The Hall–Kier alpha value is -3.94. The summed E-state index contributed by atoms with van der Waals surface area (Å²) in [6, 6.07) is 17.7. The molecule has 3 aromatic rings. The van der Waals surface area contributed by atoms with Crippen LogP contribution in [0.5, 0.6) is 0 Å². The van der Waals surface area contributed by atoms with E-state index >= 15 is 0 Å². The minimum Gasteiger partial charge on any atom is -0.368 e. The molecule has 178 valence electrons. The summed E-state index contributed by atoms with van der Waals surface area (Å²) < 4.78 is 0. The lowest BCUT2D eigenvalue weighted by atomic mass is 10.1. The number of amides is 2. The number of aromatic nitrogens is 2. The van der Waals surface area contributed by atoms with Crippen LogP contribution >= 0.6 is 0 Å². The van der Waals surface area contributed by atoms with Gasteiger partial charge in [0.2, 0.25) is 11.8 Å². The molecule has 0 spiro atoms. The van der Waals surface area contributed by atoms with Crippen LogP contribution in [0.3, 0.4) is 0 Å². The zero-order valence-corrected chi connectivity index (χ0v) is 19.9. The van der Waals surface area contributed by atoms with Gasteiger partial charge in [0.05, 0.1) is 6.42 Å². The summed E-state index contributed by atoms with van der Waals surface area (Å²) in [5.74, 6) is 1.91. The lowest BCUT2D eigenvalue weighted by Crippen LogP contribution is -2.30. The van der Waals surface area contributed by atoms with Crippen LogP contribution in [0.1, 0.15) is 23.6 Å². The number of aryl methyl sites for hydroxylation is 1. The normalized spacial score (nSPS) is 10.4. The third-order valence-electron chi connectivity index (χ3n) is 5.32. The van der Waals surface area contributed by atoms with Gasteiger partial charge in [0, 0.05) is 44.2 Å². The number of anilines is 2. The number of hydrogen-bond donors (Lipinski definition) is 4. The molecule has 4 N–H and O–H groups in total. The van der Waals surface area contributed by atoms with Crippen LogP contribution in [0.2, 0.25) is 0 Å². The van der Waals surface area contributed by atoms with Crippen molar-refractivity contribution in [1.82, 2.24) is 20.6 Å². The maximum absolute atomic E-state index is 12.3. The van der Waals surface area contributed by atoms with Crippen molar-refractivity contribution in [3.63, 3.8) is 0 Å². The predicted octanol–water partition coefficient (Wildman–Crippen LogP) is 3.08. The highest BCUT2D eigenvalue weighted by molar-refractivity contribution is 5.79. The highest BCUT2D eigenvalue weighted by Crippen LogP contribution is 2.24. The molecule has 8 nitrogen and oxygen atoms in total. The van der Waals surface area contributed by atoms with Crippen molar-refractivity contribution in [2.75, 3.05) is 36.8 Å². The number of carbonyl (C=O) groups is 2. The van der Waals surface area contributed by atoms with Crippen LogP contribution in [-0.2, 0) is 16.0 Å². The van der Waals surface area contributed by atoms with Gasteiger partial charge in [0.15, 0.2) is 5.82 Å². The maximum atomic E-state index is 12.3. The molecule has 1 heterocycles. The summed E-state index contributed by atoms with van der Waals surface area (Å²) in [6.45, 7) is 7.47. The maximum Gasteiger partial charge on any atom is 0.224 e. The number of nitrogens with one attached hydrogen (secondary N) is 4. The van der Waals surface area contributed by atoms with Crippen LogP contribution in [-0.4, -0.2) is 48.0 Å². The number of rotatable bonds is 11. The second-order valence-corrected chi connectivity index (χ2v) is 8.03. The second-order valence-electron chi connectivity index (χ2n) is 8.03. The van der Waals surface area contributed by atoms with Crippen molar-refractivity contribution >= 4 is 23.5 Å². The van der Waals surface area contributed by atoms with Gasteiger partial charge in [-0.3, -0.25) is 9.59 Å². The van der Waals surface area contributed by atoms with Crippen LogP contribution < -0.4 is 21.3 Å². The highest BCUT2D eigenvalue weighted by Gasteiger charge is 2.12. The zero-order chi connectivity index (χ0) is 24.3. The molecule has 0 fully saturated rings. The third kappa shape index (κ3) is 7.30. The molecule has 0 saturated heterocycles. The topological polar surface area (TPSA) is 108 Å². The standard InChI is InChI=1S/C26H32N6O2/c1-18-9-7-8-12-22(18)17-23(34)28-14-16-30-25-19(2)24(29-15-13-27-20(3)33)31-26(32-25)21-10-5-4-6-11-21/h4-12H,13-17H2,1-3H3,(H,27,33)(H,28,34)(H2,29,30,31,32). The Morgan fingerprint density at radius 3 is 1.97 bits per heavy atom. The summed E-state index contributed by atoms with van der Waals surface area (Å²) in [5, 5.41) is 12.3. The minimum atomic E-state index is -0.0713. The van der Waals surface area contributed by atoms with E-state index in [0.29, 0.717) is 50.1 Å².